The lowest BCUT2D eigenvalue weighted by Crippen LogP contribution is -1.91. The summed E-state index contributed by atoms with van der Waals surface area (Å²) in [5.74, 6) is -1.28. The summed E-state index contributed by atoms with van der Waals surface area (Å²) in [6.07, 6.45) is 4.78. The summed E-state index contributed by atoms with van der Waals surface area (Å²) in [6.45, 7) is 0. The lowest BCUT2D eigenvalue weighted by Gasteiger charge is -2.05. The van der Waals surface area contributed by atoms with Gasteiger partial charge in [0, 0.05) is 18.3 Å². The third kappa shape index (κ3) is 3.51. The fourth-order valence-electron chi connectivity index (χ4n) is 1.37. The molecule has 0 aliphatic carbocycles. The highest BCUT2D eigenvalue weighted by Gasteiger charge is 2.06. The number of nitrogens with zero attached hydrogens (tertiary/aromatic N) is 1. The highest BCUT2D eigenvalue weighted by molar-refractivity contribution is 5.47. The van der Waals surface area contributed by atoms with E-state index in [9.17, 15) is 8.78 Å². The van der Waals surface area contributed by atoms with Gasteiger partial charge in [-0.1, -0.05) is 0 Å². The summed E-state index contributed by atoms with van der Waals surface area (Å²) >= 11 is 0. The summed E-state index contributed by atoms with van der Waals surface area (Å²) in [5, 5.41) is 0. The van der Waals surface area contributed by atoms with Crippen LogP contribution in [0.2, 0.25) is 0 Å². The number of aromatic nitrogens is 1. The second-order valence-electron chi connectivity index (χ2n) is 3.65. The van der Waals surface area contributed by atoms with E-state index in [2.05, 4.69) is 4.98 Å². The molecule has 0 aliphatic heterocycles. The van der Waals surface area contributed by atoms with E-state index in [1.54, 1.807) is 31.5 Å². The van der Waals surface area contributed by atoms with Crippen LogP contribution in [0.4, 0.5) is 8.78 Å². The Morgan fingerprint density at radius 1 is 1.16 bits per heavy atom. The molecule has 0 N–H and O–H groups in total. The van der Waals surface area contributed by atoms with Gasteiger partial charge in [-0.05, 0) is 29.8 Å². The van der Waals surface area contributed by atoms with Crippen molar-refractivity contribution in [3.05, 3.63) is 60.0 Å². The molecule has 3 nitrogen and oxygen atoms in total. The van der Waals surface area contributed by atoms with Crippen LogP contribution in [0.3, 0.4) is 0 Å². The maximum atomic E-state index is 13.4. The number of benzene rings is 1. The Kier molecular flexibility index (Phi) is 4.07. The Morgan fingerprint density at radius 2 is 2.00 bits per heavy atom. The minimum atomic E-state index is -0.773. The predicted molar refractivity (Wildman–Crippen MR) is 66.7 cm³/mol. The standard InChI is InChI=1S/C14H11F2NO2/c1-18-7-6-10-2-5-14(17-9-10)19-13-4-3-11(15)8-12(13)16/h2-9H,1H3/b7-6+. The van der Waals surface area contributed by atoms with Gasteiger partial charge in [0.2, 0.25) is 5.88 Å². The summed E-state index contributed by atoms with van der Waals surface area (Å²) in [6, 6.07) is 6.40. The Labute approximate surface area is 109 Å². The maximum Gasteiger partial charge on any atom is 0.219 e. The van der Waals surface area contributed by atoms with Gasteiger partial charge in [0.1, 0.15) is 5.82 Å². The third-order valence-corrected chi connectivity index (χ3v) is 2.26. The van der Waals surface area contributed by atoms with Gasteiger partial charge >= 0.3 is 0 Å². The third-order valence-electron chi connectivity index (χ3n) is 2.26. The van der Waals surface area contributed by atoms with Crippen molar-refractivity contribution in [1.29, 1.82) is 0 Å². The summed E-state index contributed by atoms with van der Waals surface area (Å²) < 4.78 is 36.1. The van der Waals surface area contributed by atoms with Gasteiger partial charge in [0.25, 0.3) is 0 Å². The van der Waals surface area contributed by atoms with Gasteiger partial charge < -0.3 is 9.47 Å². The first-order valence-electron chi connectivity index (χ1n) is 5.47. The van der Waals surface area contributed by atoms with Crippen molar-refractivity contribution < 1.29 is 18.3 Å². The van der Waals surface area contributed by atoms with E-state index in [1.165, 1.54) is 12.3 Å². The van der Waals surface area contributed by atoms with Crippen molar-refractivity contribution in [3.63, 3.8) is 0 Å². The molecule has 0 atom stereocenters. The van der Waals surface area contributed by atoms with Crippen LogP contribution in [-0.4, -0.2) is 12.1 Å². The first-order chi connectivity index (χ1) is 9.19. The molecule has 0 amide bonds. The van der Waals surface area contributed by atoms with Crippen LogP contribution in [0, 0.1) is 11.6 Å². The zero-order valence-corrected chi connectivity index (χ0v) is 10.1. The van der Waals surface area contributed by atoms with Gasteiger partial charge in [0.05, 0.1) is 13.4 Å². The van der Waals surface area contributed by atoms with Crippen molar-refractivity contribution in [2.24, 2.45) is 0 Å². The van der Waals surface area contributed by atoms with E-state index in [0.29, 0.717) is 0 Å². The average molecular weight is 263 g/mol. The van der Waals surface area contributed by atoms with Gasteiger partial charge in [-0.3, -0.25) is 0 Å². The molecule has 5 heteroatoms. The first-order valence-corrected chi connectivity index (χ1v) is 5.47. The van der Waals surface area contributed by atoms with E-state index >= 15 is 0 Å². The van der Waals surface area contributed by atoms with Crippen LogP contribution in [0.1, 0.15) is 5.56 Å². The van der Waals surface area contributed by atoms with Crippen LogP contribution >= 0.6 is 0 Å². The number of hydrogen-bond acceptors (Lipinski definition) is 3. The highest BCUT2D eigenvalue weighted by atomic mass is 19.1. The predicted octanol–water partition coefficient (Wildman–Crippen LogP) is 3.77. The van der Waals surface area contributed by atoms with Crippen LogP contribution in [0.15, 0.2) is 42.8 Å². The molecule has 98 valence electrons. The number of methoxy groups -OCH3 is 1. The van der Waals surface area contributed by atoms with Gasteiger partial charge in [0.15, 0.2) is 11.6 Å². The molecule has 2 rings (SSSR count). The van der Waals surface area contributed by atoms with E-state index in [0.717, 1.165) is 17.7 Å². The van der Waals surface area contributed by atoms with E-state index < -0.39 is 11.6 Å². The number of pyridine rings is 1. The summed E-state index contributed by atoms with van der Waals surface area (Å²) in [5.41, 5.74) is 0.814. The molecule has 0 unspecified atom stereocenters. The Hall–Kier alpha value is -2.43. The molecule has 0 bridgehead atoms. The molecule has 0 radical (unpaired) electrons. The van der Waals surface area contributed by atoms with Crippen LogP contribution in [0.25, 0.3) is 6.08 Å². The maximum absolute atomic E-state index is 13.4. The number of ether oxygens (including phenoxy) is 2. The number of rotatable bonds is 4. The lowest BCUT2D eigenvalue weighted by atomic mass is 10.3. The molecule has 0 fully saturated rings. The molecule has 0 spiro atoms. The topological polar surface area (TPSA) is 31.4 Å². The molecule has 1 aromatic carbocycles. The normalized spacial score (nSPS) is 10.7. The largest absolute Gasteiger partial charge is 0.504 e. The van der Waals surface area contributed by atoms with Crippen LogP contribution in [-0.2, 0) is 4.74 Å². The van der Waals surface area contributed by atoms with Crippen molar-refractivity contribution >= 4 is 6.08 Å². The molecular weight excluding hydrogens is 252 g/mol. The van der Waals surface area contributed by atoms with Crippen molar-refractivity contribution in [1.82, 2.24) is 4.98 Å². The second kappa shape index (κ2) is 5.95. The van der Waals surface area contributed by atoms with Crippen molar-refractivity contribution in [2.75, 3.05) is 7.11 Å². The van der Waals surface area contributed by atoms with Crippen LogP contribution < -0.4 is 4.74 Å². The van der Waals surface area contributed by atoms with Crippen molar-refractivity contribution in [3.8, 4) is 11.6 Å². The van der Waals surface area contributed by atoms with Crippen molar-refractivity contribution in [2.45, 2.75) is 0 Å². The quantitative estimate of drug-likeness (QED) is 0.787. The molecule has 1 aromatic heterocycles. The number of hydrogen-bond donors (Lipinski definition) is 0. The zero-order valence-electron chi connectivity index (χ0n) is 10.1. The fraction of sp³-hybridized carbons (Fsp3) is 0.0714. The second-order valence-corrected chi connectivity index (χ2v) is 3.65. The SMILES string of the molecule is CO/C=C/c1ccc(Oc2ccc(F)cc2F)nc1. The minimum absolute atomic E-state index is 0.0749. The molecule has 19 heavy (non-hydrogen) atoms. The lowest BCUT2D eigenvalue weighted by molar-refractivity contribution is 0.341. The molecular formula is C14H11F2NO2. The van der Waals surface area contributed by atoms with E-state index in [-0.39, 0.29) is 11.6 Å². The molecule has 2 aromatic rings. The average Bonchev–Trinajstić information content (AvgIpc) is 2.41. The number of halogens is 2. The molecule has 0 saturated carbocycles. The fourth-order valence-corrected chi connectivity index (χ4v) is 1.37. The Bertz CT molecular complexity index is 582. The molecule has 0 aliphatic rings. The molecule has 1 heterocycles. The minimum Gasteiger partial charge on any atom is -0.504 e. The summed E-state index contributed by atoms with van der Waals surface area (Å²) in [7, 11) is 1.54. The zero-order chi connectivity index (χ0) is 13.7. The van der Waals surface area contributed by atoms with E-state index in [1.807, 2.05) is 0 Å². The van der Waals surface area contributed by atoms with E-state index in [4.69, 9.17) is 9.47 Å². The Balaban J connectivity index is 2.13. The molecule has 0 saturated heterocycles. The first kappa shape index (κ1) is 13.0. The Morgan fingerprint density at radius 3 is 2.63 bits per heavy atom. The van der Waals surface area contributed by atoms with Gasteiger partial charge in [-0.2, -0.15) is 0 Å². The van der Waals surface area contributed by atoms with Crippen LogP contribution in [0.5, 0.6) is 11.6 Å². The highest BCUT2D eigenvalue weighted by Crippen LogP contribution is 2.23. The summed E-state index contributed by atoms with van der Waals surface area (Å²) in [4.78, 5) is 4.00. The monoisotopic (exact) mass is 263 g/mol. The van der Waals surface area contributed by atoms with Gasteiger partial charge in [-0.15, -0.1) is 0 Å². The smallest absolute Gasteiger partial charge is 0.219 e. The van der Waals surface area contributed by atoms with Gasteiger partial charge in [-0.25, -0.2) is 13.8 Å².